The highest BCUT2D eigenvalue weighted by Gasteiger charge is 2.17. The summed E-state index contributed by atoms with van der Waals surface area (Å²) in [6.07, 6.45) is 2.76. The van der Waals surface area contributed by atoms with E-state index in [1.807, 2.05) is 13.8 Å². The summed E-state index contributed by atoms with van der Waals surface area (Å²) in [5.41, 5.74) is 0.276. The zero-order valence-electron chi connectivity index (χ0n) is 10.2. The molecular weight excluding hydrogens is 220 g/mol. The molecular formula is C12H18N2O3. The monoisotopic (exact) mass is 238 g/mol. The minimum absolute atomic E-state index is 0.0904. The van der Waals surface area contributed by atoms with Crippen LogP contribution in [0.25, 0.3) is 0 Å². The molecule has 0 atom stereocenters. The first-order chi connectivity index (χ1) is 8.20. The lowest BCUT2D eigenvalue weighted by Crippen LogP contribution is -2.33. The summed E-state index contributed by atoms with van der Waals surface area (Å²) < 4.78 is 5.21. The van der Waals surface area contributed by atoms with Gasteiger partial charge in [-0.05, 0) is 19.9 Å². The van der Waals surface area contributed by atoms with E-state index in [0.717, 1.165) is 0 Å². The molecule has 5 nitrogen and oxygen atoms in total. The molecule has 0 bridgehead atoms. The standard InChI is InChI=1S/C12H18N2O3/c1-3-14(7-8-17-4-2)12(16)10-5-6-13-9-11(10)15/h5-6,9,15H,3-4,7-8H2,1-2H3. The minimum Gasteiger partial charge on any atom is -0.505 e. The van der Waals surface area contributed by atoms with E-state index in [9.17, 15) is 9.90 Å². The van der Waals surface area contributed by atoms with Crippen molar-refractivity contribution in [2.45, 2.75) is 13.8 Å². The number of aromatic hydroxyl groups is 1. The lowest BCUT2D eigenvalue weighted by molar-refractivity contribution is 0.0666. The smallest absolute Gasteiger partial charge is 0.257 e. The van der Waals surface area contributed by atoms with E-state index < -0.39 is 0 Å². The molecule has 1 N–H and O–H groups in total. The maximum absolute atomic E-state index is 12.1. The van der Waals surface area contributed by atoms with Crippen LogP contribution in [0.2, 0.25) is 0 Å². The van der Waals surface area contributed by atoms with Gasteiger partial charge in [0.1, 0.15) is 5.75 Å². The Morgan fingerprint density at radius 3 is 2.88 bits per heavy atom. The topological polar surface area (TPSA) is 62.7 Å². The first-order valence-corrected chi connectivity index (χ1v) is 5.70. The second-order valence-electron chi connectivity index (χ2n) is 3.47. The number of hydrogen-bond donors (Lipinski definition) is 1. The Labute approximate surface area is 101 Å². The van der Waals surface area contributed by atoms with Crippen molar-refractivity contribution >= 4 is 5.91 Å². The van der Waals surface area contributed by atoms with E-state index >= 15 is 0 Å². The number of ether oxygens (including phenoxy) is 1. The Hall–Kier alpha value is -1.62. The maximum Gasteiger partial charge on any atom is 0.257 e. The van der Waals surface area contributed by atoms with Crippen LogP contribution < -0.4 is 0 Å². The number of pyridine rings is 1. The first-order valence-electron chi connectivity index (χ1n) is 5.70. The average Bonchev–Trinajstić information content (AvgIpc) is 2.35. The number of aromatic nitrogens is 1. The van der Waals surface area contributed by atoms with Crippen LogP contribution in [0.3, 0.4) is 0 Å². The van der Waals surface area contributed by atoms with E-state index in [0.29, 0.717) is 26.3 Å². The molecule has 0 aromatic carbocycles. The maximum atomic E-state index is 12.1. The Bertz CT molecular complexity index is 369. The van der Waals surface area contributed by atoms with Crippen molar-refractivity contribution in [3.05, 3.63) is 24.0 Å². The van der Waals surface area contributed by atoms with E-state index in [4.69, 9.17) is 4.74 Å². The molecule has 1 aromatic rings. The Morgan fingerprint density at radius 1 is 1.53 bits per heavy atom. The number of carbonyl (C=O) groups is 1. The van der Waals surface area contributed by atoms with E-state index in [2.05, 4.69) is 4.98 Å². The van der Waals surface area contributed by atoms with Crippen LogP contribution in [0.5, 0.6) is 5.75 Å². The number of amides is 1. The van der Waals surface area contributed by atoms with Gasteiger partial charge in [0.25, 0.3) is 5.91 Å². The molecule has 1 amide bonds. The highest BCUT2D eigenvalue weighted by molar-refractivity contribution is 5.96. The molecule has 0 unspecified atom stereocenters. The van der Waals surface area contributed by atoms with Crippen molar-refractivity contribution in [3.63, 3.8) is 0 Å². The van der Waals surface area contributed by atoms with Crippen molar-refractivity contribution in [2.75, 3.05) is 26.3 Å². The van der Waals surface area contributed by atoms with Gasteiger partial charge in [-0.25, -0.2) is 0 Å². The summed E-state index contributed by atoms with van der Waals surface area (Å²) in [6.45, 7) is 6.03. The van der Waals surface area contributed by atoms with Gasteiger partial charge in [-0.2, -0.15) is 0 Å². The van der Waals surface area contributed by atoms with E-state index in [-0.39, 0.29) is 17.2 Å². The molecule has 0 aliphatic rings. The molecule has 0 saturated carbocycles. The molecule has 0 spiro atoms. The quantitative estimate of drug-likeness (QED) is 0.758. The zero-order valence-corrected chi connectivity index (χ0v) is 10.2. The van der Waals surface area contributed by atoms with Gasteiger partial charge in [0, 0.05) is 25.9 Å². The SMILES string of the molecule is CCOCCN(CC)C(=O)c1ccncc1O. The molecule has 1 heterocycles. The predicted octanol–water partition coefficient (Wildman–Crippen LogP) is 1.29. The Kier molecular flexibility index (Phi) is 5.42. The van der Waals surface area contributed by atoms with Crippen LogP contribution in [0.4, 0.5) is 0 Å². The van der Waals surface area contributed by atoms with Crippen LogP contribution in [-0.2, 0) is 4.74 Å². The minimum atomic E-state index is -0.202. The molecule has 1 rings (SSSR count). The van der Waals surface area contributed by atoms with Gasteiger partial charge < -0.3 is 14.7 Å². The third kappa shape index (κ3) is 3.71. The zero-order chi connectivity index (χ0) is 12.7. The van der Waals surface area contributed by atoms with Gasteiger partial charge in [0.2, 0.25) is 0 Å². The van der Waals surface area contributed by atoms with Crippen LogP contribution in [0, 0.1) is 0 Å². The fraction of sp³-hybridized carbons (Fsp3) is 0.500. The van der Waals surface area contributed by atoms with E-state index in [1.165, 1.54) is 18.5 Å². The largest absolute Gasteiger partial charge is 0.505 e. The summed E-state index contributed by atoms with van der Waals surface area (Å²) >= 11 is 0. The highest BCUT2D eigenvalue weighted by atomic mass is 16.5. The van der Waals surface area contributed by atoms with Crippen molar-refractivity contribution < 1.29 is 14.6 Å². The summed E-state index contributed by atoms with van der Waals surface area (Å²) in [4.78, 5) is 17.4. The van der Waals surface area contributed by atoms with Gasteiger partial charge in [-0.3, -0.25) is 9.78 Å². The Morgan fingerprint density at radius 2 is 2.29 bits per heavy atom. The second kappa shape index (κ2) is 6.85. The lowest BCUT2D eigenvalue weighted by atomic mass is 10.2. The number of hydrogen-bond acceptors (Lipinski definition) is 4. The van der Waals surface area contributed by atoms with Gasteiger partial charge >= 0.3 is 0 Å². The predicted molar refractivity (Wildman–Crippen MR) is 64.0 cm³/mol. The summed E-state index contributed by atoms with van der Waals surface area (Å²) in [6, 6.07) is 1.51. The summed E-state index contributed by atoms with van der Waals surface area (Å²) in [5, 5.41) is 9.56. The van der Waals surface area contributed by atoms with Crippen LogP contribution in [-0.4, -0.2) is 47.2 Å². The molecule has 0 saturated heterocycles. The normalized spacial score (nSPS) is 10.2. The highest BCUT2D eigenvalue weighted by Crippen LogP contribution is 2.16. The fourth-order valence-electron chi connectivity index (χ4n) is 1.46. The van der Waals surface area contributed by atoms with Gasteiger partial charge in [-0.1, -0.05) is 0 Å². The van der Waals surface area contributed by atoms with Crippen LogP contribution in [0.15, 0.2) is 18.5 Å². The van der Waals surface area contributed by atoms with E-state index in [1.54, 1.807) is 4.90 Å². The molecule has 0 radical (unpaired) electrons. The number of nitrogens with zero attached hydrogens (tertiary/aromatic N) is 2. The fourth-order valence-corrected chi connectivity index (χ4v) is 1.46. The number of carbonyl (C=O) groups excluding carboxylic acids is 1. The number of likely N-dealkylation sites (N-methyl/N-ethyl adjacent to an activating group) is 1. The van der Waals surface area contributed by atoms with Crippen molar-refractivity contribution in [3.8, 4) is 5.75 Å². The van der Waals surface area contributed by atoms with Crippen LogP contribution >= 0.6 is 0 Å². The molecule has 17 heavy (non-hydrogen) atoms. The second-order valence-corrected chi connectivity index (χ2v) is 3.47. The third-order valence-corrected chi connectivity index (χ3v) is 2.41. The molecule has 5 heteroatoms. The van der Waals surface area contributed by atoms with Crippen molar-refractivity contribution in [2.24, 2.45) is 0 Å². The Balaban J connectivity index is 2.69. The first kappa shape index (κ1) is 13.4. The van der Waals surface area contributed by atoms with Gasteiger partial charge in [0.05, 0.1) is 18.4 Å². The number of rotatable bonds is 6. The molecule has 1 aromatic heterocycles. The third-order valence-electron chi connectivity index (χ3n) is 2.41. The lowest BCUT2D eigenvalue weighted by Gasteiger charge is -2.21. The van der Waals surface area contributed by atoms with Crippen molar-refractivity contribution in [1.29, 1.82) is 0 Å². The molecule has 0 fully saturated rings. The van der Waals surface area contributed by atoms with Gasteiger partial charge in [0.15, 0.2) is 0 Å². The van der Waals surface area contributed by atoms with Crippen molar-refractivity contribution in [1.82, 2.24) is 9.88 Å². The summed E-state index contributed by atoms with van der Waals surface area (Å²) in [5.74, 6) is -0.292. The average molecular weight is 238 g/mol. The van der Waals surface area contributed by atoms with Crippen LogP contribution in [0.1, 0.15) is 24.2 Å². The van der Waals surface area contributed by atoms with Gasteiger partial charge in [-0.15, -0.1) is 0 Å². The molecule has 0 aliphatic heterocycles. The molecule has 94 valence electrons. The molecule has 0 aliphatic carbocycles. The summed E-state index contributed by atoms with van der Waals surface area (Å²) in [7, 11) is 0.